The van der Waals surface area contributed by atoms with E-state index in [4.69, 9.17) is 10.5 Å². The third kappa shape index (κ3) is 2.81. The number of hydrogen-bond donors (Lipinski definition) is 2. The van der Waals surface area contributed by atoms with Crippen molar-refractivity contribution in [2.45, 2.75) is 31.8 Å². The van der Waals surface area contributed by atoms with Gasteiger partial charge in [0, 0.05) is 19.1 Å². The van der Waals surface area contributed by atoms with Gasteiger partial charge in [0.05, 0.1) is 19.1 Å². The Hall–Kier alpha value is -1.14. The Labute approximate surface area is 107 Å². The van der Waals surface area contributed by atoms with Crippen LogP contribution in [0.3, 0.4) is 0 Å². The molecular formula is C12H21N3O3. The quantitative estimate of drug-likeness (QED) is 0.683. The smallest absolute Gasteiger partial charge is 0.244 e. The minimum atomic E-state index is -0.483. The zero-order valence-electron chi connectivity index (χ0n) is 10.7. The number of amides is 2. The van der Waals surface area contributed by atoms with E-state index in [-0.39, 0.29) is 23.8 Å². The van der Waals surface area contributed by atoms with Crippen molar-refractivity contribution in [1.29, 1.82) is 0 Å². The van der Waals surface area contributed by atoms with Crippen molar-refractivity contribution in [1.82, 2.24) is 10.2 Å². The van der Waals surface area contributed by atoms with Gasteiger partial charge in [0.25, 0.3) is 0 Å². The van der Waals surface area contributed by atoms with Crippen LogP contribution in [0.2, 0.25) is 0 Å². The highest BCUT2D eigenvalue weighted by atomic mass is 16.5. The molecule has 0 bridgehead atoms. The number of carbonyl (C=O) groups is 2. The average Bonchev–Trinajstić information content (AvgIpc) is 2.98. The number of carbonyl (C=O) groups excluding carboxylic acids is 2. The van der Waals surface area contributed by atoms with Gasteiger partial charge in [-0.1, -0.05) is 0 Å². The third-order valence-corrected chi connectivity index (χ3v) is 3.61. The zero-order valence-corrected chi connectivity index (χ0v) is 10.7. The Balaban J connectivity index is 1.84. The van der Waals surface area contributed by atoms with Gasteiger partial charge in [-0.05, 0) is 19.8 Å². The summed E-state index contributed by atoms with van der Waals surface area (Å²) in [6.45, 7) is 4.07. The van der Waals surface area contributed by atoms with Gasteiger partial charge in [-0.25, -0.2) is 0 Å². The number of nitrogens with zero attached hydrogens (tertiary/aromatic N) is 1. The molecule has 2 rings (SSSR count). The highest BCUT2D eigenvalue weighted by Gasteiger charge is 2.33. The Kier molecular flexibility index (Phi) is 4.19. The van der Waals surface area contributed by atoms with Gasteiger partial charge in [-0.3, -0.25) is 9.59 Å². The molecule has 2 fully saturated rings. The lowest BCUT2D eigenvalue weighted by atomic mass is 10.0. The van der Waals surface area contributed by atoms with Crippen molar-refractivity contribution in [3.8, 4) is 0 Å². The third-order valence-electron chi connectivity index (χ3n) is 3.61. The van der Waals surface area contributed by atoms with Crippen LogP contribution in [0.4, 0.5) is 0 Å². The van der Waals surface area contributed by atoms with E-state index in [9.17, 15) is 9.59 Å². The first-order chi connectivity index (χ1) is 8.59. The maximum atomic E-state index is 12.0. The molecule has 0 aromatic carbocycles. The summed E-state index contributed by atoms with van der Waals surface area (Å²) in [5, 5.41) is 2.74. The van der Waals surface area contributed by atoms with Crippen molar-refractivity contribution in [2.75, 3.05) is 26.3 Å². The number of ether oxygens (including phenoxy) is 1. The Bertz CT molecular complexity index is 329. The second kappa shape index (κ2) is 5.67. The predicted molar refractivity (Wildman–Crippen MR) is 65.7 cm³/mol. The molecule has 0 aromatic rings. The molecule has 0 saturated carbocycles. The lowest BCUT2D eigenvalue weighted by Gasteiger charge is -2.22. The average molecular weight is 255 g/mol. The molecule has 3 unspecified atom stereocenters. The van der Waals surface area contributed by atoms with Crippen LogP contribution in [0.5, 0.6) is 0 Å². The normalized spacial score (nSPS) is 29.3. The van der Waals surface area contributed by atoms with E-state index in [1.807, 2.05) is 0 Å². The standard InChI is InChI=1S/C12H21N3O3/c1-8(12(17)15-4-2-3-5-15)14-11(16)9-6-18-7-10(9)13/h8-10H,2-7,13H2,1H3,(H,14,16). The van der Waals surface area contributed by atoms with Gasteiger partial charge in [0.1, 0.15) is 6.04 Å². The molecule has 6 heteroatoms. The van der Waals surface area contributed by atoms with Gasteiger partial charge in [-0.2, -0.15) is 0 Å². The molecule has 18 heavy (non-hydrogen) atoms. The summed E-state index contributed by atoms with van der Waals surface area (Å²) in [6.07, 6.45) is 2.10. The zero-order chi connectivity index (χ0) is 13.1. The van der Waals surface area contributed by atoms with Gasteiger partial charge >= 0.3 is 0 Å². The van der Waals surface area contributed by atoms with Crippen molar-refractivity contribution < 1.29 is 14.3 Å². The Morgan fingerprint density at radius 1 is 1.33 bits per heavy atom. The summed E-state index contributed by atoms with van der Waals surface area (Å²) < 4.78 is 5.15. The first-order valence-corrected chi connectivity index (χ1v) is 6.52. The molecule has 0 aromatic heterocycles. The number of nitrogens with one attached hydrogen (secondary N) is 1. The van der Waals surface area contributed by atoms with Crippen LogP contribution in [0, 0.1) is 5.92 Å². The van der Waals surface area contributed by atoms with Gasteiger partial charge in [-0.15, -0.1) is 0 Å². The minimum Gasteiger partial charge on any atom is -0.379 e. The fraction of sp³-hybridized carbons (Fsp3) is 0.833. The van der Waals surface area contributed by atoms with E-state index in [0.717, 1.165) is 25.9 Å². The predicted octanol–water partition coefficient (Wildman–Crippen LogP) is -0.913. The Morgan fingerprint density at radius 3 is 2.56 bits per heavy atom. The maximum Gasteiger partial charge on any atom is 0.244 e. The number of rotatable bonds is 3. The fourth-order valence-electron chi connectivity index (χ4n) is 2.43. The molecular weight excluding hydrogens is 234 g/mol. The molecule has 2 aliphatic heterocycles. The molecule has 2 heterocycles. The van der Waals surface area contributed by atoms with Crippen molar-refractivity contribution in [2.24, 2.45) is 11.7 Å². The molecule has 3 N–H and O–H groups in total. The SMILES string of the molecule is CC(NC(=O)C1COCC1N)C(=O)N1CCCC1. The molecule has 2 amide bonds. The molecule has 0 radical (unpaired) electrons. The lowest BCUT2D eigenvalue weighted by Crippen LogP contribution is -2.50. The highest BCUT2D eigenvalue weighted by molar-refractivity contribution is 5.88. The van der Waals surface area contributed by atoms with Crippen LogP contribution >= 0.6 is 0 Å². The largest absolute Gasteiger partial charge is 0.379 e. The molecule has 3 atom stereocenters. The summed E-state index contributed by atoms with van der Waals surface area (Å²) in [6, 6.07) is -0.748. The topological polar surface area (TPSA) is 84.7 Å². The van der Waals surface area contributed by atoms with Crippen LogP contribution in [0.15, 0.2) is 0 Å². The van der Waals surface area contributed by atoms with Crippen LogP contribution in [0.25, 0.3) is 0 Å². The van der Waals surface area contributed by atoms with Crippen LogP contribution in [-0.4, -0.2) is 55.1 Å². The molecule has 0 spiro atoms. The van der Waals surface area contributed by atoms with E-state index in [0.29, 0.717) is 13.2 Å². The van der Waals surface area contributed by atoms with Gasteiger partial charge in [0.15, 0.2) is 0 Å². The summed E-state index contributed by atoms with van der Waals surface area (Å²) in [5.74, 6) is -0.521. The van der Waals surface area contributed by atoms with E-state index >= 15 is 0 Å². The van der Waals surface area contributed by atoms with Crippen LogP contribution < -0.4 is 11.1 Å². The molecule has 2 saturated heterocycles. The summed E-state index contributed by atoms with van der Waals surface area (Å²) in [5.41, 5.74) is 5.77. The second-order valence-corrected chi connectivity index (χ2v) is 5.07. The first kappa shape index (κ1) is 13.3. The van der Waals surface area contributed by atoms with E-state index < -0.39 is 6.04 Å². The summed E-state index contributed by atoms with van der Waals surface area (Å²) in [4.78, 5) is 25.8. The van der Waals surface area contributed by atoms with Gasteiger partial charge < -0.3 is 20.7 Å². The number of hydrogen-bond acceptors (Lipinski definition) is 4. The summed E-state index contributed by atoms with van der Waals surface area (Å²) >= 11 is 0. The Morgan fingerprint density at radius 2 is 2.00 bits per heavy atom. The second-order valence-electron chi connectivity index (χ2n) is 5.07. The molecule has 6 nitrogen and oxygen atoms in total. The maximum absolute atomic E-state index is 12.0. The molecule has 2 aliphatic rings. The van der Waals surface area contributed by atoms with Gasteiger partial charge in [0.2, 0.25) is 11.8 Å². The minimum absolute atomic E-state index is 0.00617. The molecule has 102 valence electrons. The van der Waals surface area contributed by atoms with Crippen molar-refractivity contribution in [3.63, 3.8) is 0 Å². The monoisotopic (exact) mass is 255 g/mol. The fourth-order valence-corrected chi connectivity index (χ4v) is 2.43. The number of nitrogens with two attached hydrogens (primary N) is 1. The summed E-state index contributed by atoms with van der Waals surface area (Å²) in [7, 11) is 0. The van der Waals surface area contributed by atoms with Crippen LogP contribution in [0.1, 0.15) is 19.8 Å². The molecule has 0 aliphatic carbocycles. The van der Waals surface area contributed by atoms with Crippen LogP contribution in [-0.2, 0) is 14.3 Å². The van der Waals surface area contributed by atoms with Crippen molar-refractivity contribution in [3.05, 3.63) is 0 Å². The van der Waals surface area contributed by atoms with E-state index in [1.165, 1.54) is 0 Å². The van der Waals surface area contributed by atoms with Crippen molar-refractivity contribution >= 4 is 11.8 Å². The lowest BCUT2D eigenvalue weighted by molar-refractivity contribution is -0.136. The number of likely N-dealkylation sites (tertiary alicyclic amines) is 1. The van der Waals surface area contributed by atoms with E-state index in [2.05, 4.69) is 5.32 Å². The van der Waals surface area contributed by atoms with E-state index in [1.54, 1.807) is 11.8 Å². The first-order valence-electron chi connectivity index (χ1n) is 6.52. The highest BCUT2D eigenvalue weighted by Crippen LogP contribution is 2.13.